The van der Waals surface area contributed by atoms with E-state index >= 15 is 0 Å². The molecule has 0 aliphatic carbocycles. The van der Waals surface area contributed by atoms with Crippen molar-refractivity contribution in [3.63, 3.8) is 0 Å². The molecular weight excluding hydrogens is 433 g/mol. The van der Waals surface area contributed by atoms with E-state index in [4.69, 9.17) is 16.3 Å². The average Bonchev–Trinajstić information content (AvgIpc) is 2.53. The van der Waals surface area contributed by atoms with Crippen LogP contribution in [-0.2, 0) is 0 Å². The van der Waals surface area contributed by atoms with Crippen molar-refractivity contribution < 1.29 is 9.84 Å². The topological polar surface area (TPSA) is 42.4 Å². The minimum Gasteiger partial charge on any atom is -0.506 e. The minimum atomic E-state index is 0.100. The van der Waals surface area contributed by atoms with E-state index in [9.17, 15) is 5.11 Å². The lowest BCUT2D eigenvalue weighted by Gasteiger charge is -2.11. The second kappa shape index (κ2) is 6.07. The maximum Gasteiger partial charge on any atom is 0.144 e. The molecule has 112 valence electrons. The van der Waals surface area contributed by atoms with Gasteiger partial charge in [-0.15, -0.1) is 0 Å². The number of benzene rings is 2. The minimum absolute atomic E-state index is 0.100. The second-order valence-electron chi connectivity index (χ2n) is 4.63. The number of pyridine rings is 1. The lowest BCUT2D eigenvalue weighted by Crippen LogP contribution is -1.89. The Morgan fingerprint density at radius 1 is 1.18 bits per heavy atom. The van der Waals surface area contributed by atoms with Crippen molar-refractivity contribution in [3.05, 3.63) is 50.5 Å². The smallest absolute Gasteiger partial charge is 0.144 e. The number of phenolic OH excluding ortho intramolecular Hbond substituents is 1. The Balaban J connectivity index is 2.25. The second-order valence-corrected chi connectivity index (χ2v) is 6.65. The molecule has 0 unspecified atom stereocenters. The molecule has 0 atom stereocenters. The van der Waals surface area contributed by atoms with Crippen molar-refractivity contribution in [3.8, 4) is 22.6 Å². The maximum absolute atomic E-state index is 10.1. The van der Waals surface area contributed by atoms with Crippen LogP contribution in [0.5, 0.6) is 11.5 Å². The van der Waals surface area contributed by atoms with Crippen molar-refractivity contribution in [2.45, 2.75) is 0 Å². The van der Waals surface area contributed by atoms with E-state index in [1.54, 1.807) is 19.4 Å². The number of halogens is 3. The molecule has 0 fully saturated rings. The van der Waals surface area contributed by atoms with E-state index in [0.29, 0.717) is 24.9 Å². The van der Waals surface area contributed by atoms with Gasteiger partial charge in [0.25, 0.3) is 0 Å². The largest absolute Gasteiger partial charge is 0.506 e. The number of aromatic nitrogens is 1. The summed E-state index contributed by atoms with van der Waals surface area (Å²) < 4.78 is 6.24. The van der Waals surface area contributed by atoms with Crippen molar-refractivity contribution in [1.29, 1.82) is 0 Å². The molecule has 3 nitrogen and oxygen atoms in total. The number of hydrogen-bond acceptors (Lipinski definition) is 3. The fourth-order valence-corrected chi connectivity index (χ4v) is 3.96. The molecule has 22 heavy (non-hydrogen) atoms. The van der Waals surface area contributed by atoms with Crippen molar-refractivity contribution in [2.75, 3.05) is 7.11 Å². The van der Waals surface area contributed by atoms with Gasteiger partial charge in [-0.3, -0.25) is 4.98 Å². The summed E-state index contributed by atoms with van der Waals surface area (Å²) in [6, 6.07) is 9.30. The van der Waals surface area contributed by atoms with Crippen LogP contribution in [0.15, 0.2) is 45.5 Å². The lowest BCUT2D eigenvalue weighted by molar-refractivity contribution is 0.415. The summed E-state index contributed by atoms with van der Waals surface area (Å²) in [5, 5.41) is 11.3. The molecule has 0 amide bonds. The van der Waals surface area contributed by atoms with E-state index in [1.165, 1.54) is 0 Å². The molecule has 1 N–H and O–H groups in total. The van der Waals surface area contributed by atoms with Crippen LogP contribution in [-0.4, -0.2) is 17.2 Å². The number of phenols is 1. The summed E-state index contributed by atoms with van der Waals surface area (Å²) in [7, 11) is 1.62. The van der Waals surface area contributed by atoms with Crippen LogP contribution < -0.4 is 4.74 Å². The highest BCUT2D eigenvalue weighted by molar-refractivity contribution is 9.11. The van der Waals surface area contributed by atoms with E-state index in [0.717, 1.165) is 16.9 Å². The molecule has 3 aromatic rings. The predicted octanol–water partition coefficient (Wildman–Crippen LogP) is 5.79. The Labute approximate surface area is 149 Å². The number of nitrogens with zero attached hydrogens (tertiary/aromatic N) is 1. The van der Waals surface area contributed by atoms with E-state index < -0.39 is 0 Å². The zero-order valence-electron chi connectivity index (χ0n) is 11.4. The standard InChI is InChI=1S/C16H10Br2ClNO2/c1-22-9-4-2-8(3-5-9)10-7-20-12-6-11(17)16(21)14(18)13(12)15(10)19/h2-7,21H,1H3. The normalized spacial score (nSPS) is 10.9. The number of methoxy groups -OCH3 is 1. The van der Waals surface area contributed by atoms with E-state index in [1.807, 2.05) is 24.3 Å². The first kappa shape index (κ1) is 15.6. The Morgan fingerprint density at radius 3 is 2.50 bits per heavy atom. The van der Waals surface area contributed by atoms with Gasteiger partial charge in [-0.05, 0) is 55.6 Å². The predicted molar refractivity (Wildman–Crippen MR) is 95.8 cm³/mol. The molecule has 3 rings (SSSR count). The van der Waals surface area contributed by atoms with Crippen LogP contribution in [0.4, 0.5) is 0 Å². The lowest BCUT2D eigenvalue weighted by atomic mass is 10.0. The molecule has 1 heterocycles. The van der Waals surface area contributed by atoms with Gasteiger partial charge in [0.1, 0.15) is 11.5 Å². The molecule has 0 saturated heterocycles. The van der Waals surface area contributed by atoms with Crippen LogP contribution in [0, 0.1) is 0 Å². The molecule has 0 aliphatic heterocycles. The van der Waals surface area contributed by atoms with Gasteiger partial charge in [-0.2, -0.15) is 0 Å². The molecule has 1 aromatic heterocycles. The van der Waals surface area contributed by atoms with Gasteiger partial charge in [0.05, 0.1) is 26.6 Å². The summed E-state index contributed by atoms with van der Waals surface area (Å²) in [6.45, 7) is 0. The van der Waals surface area contributed by atoms with Crippen molar-refractivity contribution in [2.24, 2.45) is 0 Å². The summed E-state index contributed by atoms with van der Waals surface area (Å²) in [5.41, 5.74) is 2.41. The molecule has 0 saturated carbocycles. The van der Waals surface area contributed by atoms with Gasteiger partial charge in [0.2, 0.25) is 0 Å². The highest BCUT2D eigenvalue weighted by Crippen LogP contribution is 2.43. The first-order valence-corrected chi connectivity index (χ1v) is 8.29. The summed E-state index contributed by atoms with van der Waals surface area (Å²) in [6.07, 6.45) is 1.72. The van der Waals surface area contributed by atoms with Crippen LogP contribution in [0.1, 0.15) is 0 Å². The first-order chi connectivity index (χ1) is 10.5. The number of hydrogen-bond donors (Lipinski definition) is 1. The highest BCUT2D eigenvalue weighted by atomic mass is 79.9. The number of fused-ring (bicyclic) bond motifs is 1. The molecular formula is C16H10Br2ClNO2. The Bertz CT molecular complexity index is 866. The number of rotatable bonds is 2. The summed E-state index contributed by atoms with van der Waals surface area (Å²) in [5.74, 6) is 0.874. The Morgan fingerprint density at radius 2 is 1.86 bits per heavy atom. The van der Waals surface area contributed by atoms with Crippen molar-refractivity contribution >= 4 is 54.4 Å². The summed E-state index contributed by atoms with van der Waals surface area (Å²) in [4.78, 5) is 4.44. The van der Waals surface area contributed by atoms with Crippen LogP contribution in [0.25, 0.3) is 22.0 Å². The molecule has 2 aromatic carbocycles. The van der Waals surface area contributed by atoms with E-state index in [-0.39, 0.29) is 5.75 Å². The third-order valence-electron chi connectivity index (χ3n) is 3.36. The molecule has 6 heteroatoms. The fourth-order valence-electron chi connectivity index (χ4n) is 2.20. The third-order valence-corrected chi connectivity index (χ3v) is 5.13. The van der Waals surface area contributed by atoms with Gasteiger partial charge in [0.15, 0.2) is 0 Å². The van der Waals surface area contributed by atoms with Gasteiger partial charge >= 0.3 is 0 Å². The highest BCUT2D eigenvalue weighted by Gasteiger charge is 2.16. The fraction of sp³-hybridized carbons (Fsp3) is 0.0625. The van der Waals surface area contributed by atoms with Gasteiger partial charge in [-0.25, -0.2) is 0 Å². The number of aromatic hydroxyl groups is 1. The molecule has 0 aliphatic rings. The SMILES string of the molecule is COc1ccc(-c2cnc3cc(Br)c(O)c(Br)c3c2Cl)cc1. The Kier molecular flexibility index (Phi) is 4.30. The first-order valence-electron chi connectivity index (χ1n) is 6.32. The van der Waals surface area contributed by atoms with Gasteiger partial charge < -0.3 is 9.84 Å². The maximum atomic E-state index is 10.1. The van der Waals surface area contributed by atoms with E-state index in [2.05, 4.69) is 36.8 Å². The van der Waals surface area contributed by atoms with Crippen molar-refractivity contribution in [1.82, 2.24) is 4.98 Å². The zero-order chi connectivity index (χ0) is 15.9. The molecule has 0 spiro atoms. The average molecular weight is 444 g/mol. The summed E-state index contributed by atoms with van der Waals surface area (Å²) >= 11 is 13.2. The molecule has 0 bridgehead atoms. The quantitative estimate of drug-likeness (QED) is 0.545. The zero-order valence-corrected chi connectivity index (χ0v) is 15.3. The van der Waals surface area contributed by atoms with Gasteiger partial charge in [-0.1, -0.05) is 23.7 Å². The molecule has 0 radical (unpaired) electrons. The van der Waals surface area contributed by atoms with Gasteiger partial charge in [0, 0.05) is 17.1 Å². The van der Waals surface area contributed by atoms with Crippen LogP contribution in [0.2, 0.25) is 5.02 Å². The third kappa shape index (κ3) is 2.57. The monoisotopic (exact) mass is 441 g/mol. The Hall–Kier alpha value is -1.30. The number of ether oxygens (including phenoxy) is 1. The van der Waals surface area contributed by atoms with Crippen LogP contribution >= 0.6 is 43.5 Å². The van der Waals surface area contributed by atoms with Crippen LogP contribution in [0.3, 0.4) is 0 Å².